The fraction of sp³-hybridized carbons (Fsp3) is 0. The second-order valence-electron chi connectivity index (χ2n) is 5.09. The molecule has 1 heterocycles. The molecule has 7 heteroatoms. The van der Waals surface area contributed by atoms with Gasteiger partial charge in [0, 0.05) is 20.0 Å². The van der Waals surface area contributed by atoms with Crippen molar-refractivity contribution in [1.29, 1.82) is 0 Å². The van der Waals surface area contributed by atoms with Crippen molar-refractivity contribution in [1.82, 2.24) is 0 Å². The Morgan fingerprint density at radius 2 is 1.64 bits per heavy atom. The zero-order valence-electron chi connectivity index (χ0n) is 12.8. The molecule has 25 heavy (non-hydrogen) atoms. The molecular weight excluding hydrogens is 471 g/mol. The van der Waals surface area contributed by atoms with Crippen LogP contribution in [-0.2, 0) is 0 Å². The van der Waals surface area contributed by atoms with E-state index in [1.54, 1.807) is 48.5 Å². The van der Waals surface area contributed by atoms with E-state index in [9.17, 15) is 9.59 Å². The average Bonchev–Trinajstić information content (AvgIpc) is 3.12. The van der Waals surface area contributed by atoms with Gasteiger partial charge >= 0.3 is 0 Å². The summed E-state index contributed by atoms with van der Waals surface area (Å²) in [5, 5.41) is 7.99. The predicted molar refractivity (Wildman–Crippen MR) is 111 cm³/mol. The van der Waals surface area contributed by atoms with Gasteiger partial charge in [0.2, 0.25) is 0 Å². The van der Waals surface area contributed by atoms with E-state index in [2.05, 4.69) is 33.2 Å². The molecule has 0 bridgehead atoms. The van der Waals surface area contributed by atoms with Crippen LogP contribution in [0.15, 0.2) is 60.0 Å². The lowest BCUT2D eigenvalue weighted by molar-refractivity contribution is 0.102. The molecular formula is C18H12ClIN2O2S. The standard InChI is InChI=1S/C18H12ClIN2O2S/c19-11-6-7-15(20)14(9-11)17(23)21-12-3-1-4-13(10-12)22-18(24)16-5-2-8-25-16/h1-10H,(H,21,23)(H,22,24). The molecule has 2 N–H and O–H groups in total. The Morgan fingerprint density at radius 1 is 0.920 bits per heavy atom. The number of hydrogen-bond acceptors (Lipinski definition) is 3. The van der Waals surface area contributed by atoms with Crippen molar-refractivity contribution in [2.24, 2.45) is 0 Å². The second-order valence-corrected chi connectivity index (χ2v) is 7.64. The largest absolute Gasteiger partial charge is 0.322 e. The van der Waals surface area contributed by atoms with E-state index in [1.807, 2.05) is 11.4 Å². The van der Waals surface area contributed by atoms with Gasteiger partial charge in [0.1, 0.15) is 0 Å². The predicted octanol–water partition coefficient (Wildman–Crippen LogP) is 5.51. The molecule has 3 rings (SSSR count). The number of halogens is 2. The van der Waals surface area contributed by atoms with Crippen molar-refractivity contribution in [2.75, 3.05) is 10.6 Å². The number of nitrogens with one attached hydrogen (secondary N) is 2. The number of carbonyl (C=O) groups excluding carboxylic acids is 2. The number of carbonyl (C=O) groups is 2. The number of benzene rings is 2. The SMILES string of the molecule is O=C(Nc1cccc(NC(=O)c2cc(Cl)ccc2I)c1)c1cccs1. The first-order chi connectivity index (χ1) is 12.0. The van der Waals surface area contributed by atoms with Crippen molar-refractivity contribution < 1.29 is 9.59 Å². The van der Waals surface area contributed by atoms with Crippen molar-refractivity contribution in [3.63, 3.8) is 0 Å². The van der Waals surface area contributed by atoms with E-state index in [0.29, 0.717) is 26.8 Å². The van der Waals surface area contributed by atoms with Gasteiger partial charge in [0.15, 0.2) is 0 Å². The fourth-order valence-corrected chi connectivity index (χ4v) is 3.52. The molecule has 0 saturated heterocycles. The molecule has 2 aromatic carbocycles. The molecule has 0 aliphatic rings. The Balaban J connectivity index is 1.74. The second kappa shape index (κ2) is 7.99. The summed E-state index contributed by atoms with van der Waals surface area (Å²) in [6, 6.07) is 15.7. The molecule has 0 radical (unpaired) electrons. The maximum absolute atomic E-state index is 12.4. The lowest BCUT2D eigenvalue weighted by Crippen LogP contribution is -2.14. The van der Waals surface area contributed by atoms with Crippen LogP contribution in [0, 0.1) is 3.57 Å². The minimum atomic E-state index is -0.256. The maximum atomic E-state index is 12.4. The molecule has 2 amide bonds. The zero-order valence-corrected chi connectivity index (χ0v) is 16.5. The van der Waals surface area contributed by atoms with Gasteiger partial charge in [0.05, 0.1) is 10.4 Å². The van der Waals surface area contributed by atoms with Gasteiger partial charge in [-0.2, -0.15) is 0 Å². The average molecular weight is 483 g/mol. The summed E-state index contributed by atoms with van der Waals surface area (Å²) in [4.78, 5) is 25.2. The molecule has 0 unspecified atom stereocenters. The van der Waals surface area contributed by atoms with Crippen LogP contribution in [0.3, 0.4) is 0 Å². The van der Waals surface area contributed by atoms with E-state index >= 15 is 0 Å². The van der Waals surface area contributed by atoms with Crippen molar-refractivity contribution in [2.45, 2.75) is 0 Å². The highest BCUT2D eigenvalue weighted by atomic mass is 127. The first kappa shape index (κ1) is 17.9. The molecule has 0 spiro atoms. The van der Waals surface area contributed by atoms with Crippen LogP contribution in [0.25, 0.3) is 0 Å². The topological polar surface area (TPSA) is 58.2 Å². The lowest BCUT2D eigenvalue weighted by atomic mass is 10.2. The van der Waals surface area contributed by atoms with Gasteiger partial charge in [-0.1, -0.05) is 23.7 Å². The molecule has 4 nitrogen and oxygen atoms in total. The summed E-state index contributed by atoms with van der Waals surface area (Å²) in [6.45, 7) is 0. The molecule has 0 atom stereocenters. The highest BCUT2D eigenvalue weighted by Gasteiger charge is 2.12. The smallest absolute Gasteiger partial charge is 0.265 e. The summed E-state index contributed by atoms with van der Waals surface area (Å²) < 4.78 is 0.807. The number of hydrogen-bond donors (Lipinski definition) is 2. The van der Waals surface area contributed by atoms with Crippen LogP contribution in [0.5, 0.6) is 0 Å². The van der Waals surface area contributed by atoms with Gasteiger partial charge in [-0.05, 0) is 70.4 Å². The summed E-state index contributed by atoms with van der Waals surface area (Å²) in [5.41, 5.74) is 1.70. The summed E-state index contributed by atoms with van der Waals surface area (Å²) in [7, 11) is 0. The Morgan fingerprint density at radius 3 is 2.32 bits per heavy atom. The van der Waals surface area contributed by atoms with Crippen molar-refractivity contribution in [3.05, 3.63) is 79.0 Å². The van der Waals surface area contributed by atoms with Gasteiger partial charge < -0.3 is 10.6 Å². The van der Waals surface area contributed by atoms with Crippen LogP contribution in [0.1, 0.15) is 20.0 Å². The monoisotopic (exact) mass is 482 g/mol. The first-order valence-corrected chi connectivity index (χ1v) is 9.58. The van der Waals surface area contributed by atoms with E-state index in [1.165, 1.54) is 11.3 Å². The summed E-state index contributed by atoms with van der Waals surface area (Å²) in [6.07, 6.45) is 0. The van der Waals surface area contributed by atoms with Crippen LogP contribution in [-0.4, -0.2) is 11.8 Å². The molecule has 126 valence electrons. The number of amides is 2. The van der Waals surface area contributed by atoms with E-state index < -0.39 is 0 Å². The minimum absolute atomic E-state index is 0.178. The van der Waals surface area contributed by atoms with Crippen molar-refractivity contribution in [3.8, 4) is 0 Å². The quantitative estimate of drug-likeness (QED) is 0.482. The van der Waals surface area contributed by atoms with E-state index in [-0.39, 0.29) is 11.8 Å². The lowest BCUT2D eigenvalue weighted by Gasteiger charge is -2.09. The molecule has 3 aromatic rings. The van der Waals surface area contributed by atoms with Crippen LogP contribution in [0.2, 0.25) is 5.02 Å². The molecule has 1 aromatic heterocycles. The highest BCUT2D eigenvalue weighted by Crippen LogP contribution is 2.21. The van der Waals surface area contributed by atoms with E-state index in [4.69, 9.17) is 11.6 Å². The zero-order chi connectivity index (χ0) is 17.8. The Hall–Kier alpha value is -1.90. The van der Waals surface area contributed by atoms with E-state index in [0.717, 1.165) is 3.57 Å². The van der Waals surface area contributed by atoms with Crippen LogP contribution in [0.4, 0.5) is 11.4 Å². The molecule has 0 aliphatic heterocycles. The van der Waals surface area contributed by atoms with Crippen LogP contribution >= 0.6 is 45.5 Å². The number of rotatable bonds is 4. The third-order valence-corrected chi connectivity index (χ3v) is 5.34. The molecule has 0 aliphatic carbocycles. The Labute approximate surface area is 167 Å². The number of thiophene rings is 1. The first-order valence-electron chi connectivity index (χ1n) is 7.24. The highest BCUT2D eigenvalue weighted by molar-refractivity contribution is 14.1. The Bertz CT molecular complexity index is 929. The number of anilines is 2. The molecule has 0 saturated carbocycles. The van der Waals surface area contributed by atoms with Crippen molar-refractivity contribution >= 4 is 68.7 Å². The minimum Gasteiger partial charge on any atom is -0.322 e. The maximum Gasteiger partial charge on any atom is 0.265 e. The Kier molecular flexibility index (Phi) is 5.72. The third kappa shape index (κ3) is 4.59. The normalized spacial score (nSPS) is 10.3. The fourth-order valence-electron chi connectivity index (χ4n) is 2.15. The summed E-state index contributed by atoms with van der Waals surface area (Å²) >= 11 is 9.42. The molecule has 0 fully saturated rings. The van der Waals surface area contributed by atoms with Gasteiger partial charge in [-0.3, -0.25) is 9.59 Å². The third-order valence-electron chi connectivity index (χ3n) is 3.30. The van der Waals surface area contributed by atoms with Crippen LogP contribution < -0.4 is 10.6 Å². The summed E-state index contributed by atoms with van der Waals surface area (Å²) in [5.74, 6) is -0.434. The van der Waals surface area contributed by atoms with Gasteiger partial charge in [0.25, 0.3) is 11.8 Å². The van der Waals surface area contributed by atoms with Gasteiger partial charge in [-0.15, -0.1) is 11.3 Å². The van der Waals surface area contributed by atoms with Gasteiger partial charge in [-0.25, -0.2) is 0 Å².